The van der Waals surface area contributed by atoms with E-state index in [2.05, 4.69) is 5.32 Å². The lowest BCUT2D eigenvalue weighted by atomic mass is 9.98. The van der Waals surface area contributed by atoms with Gasteiger partial charge in [0.15, 0.2) is 0 Å². The van der Waals surface area contributed by atoms with Crippen LogP contribution in [0.1, 0.15) is 11.5 Å². The highest BCUT2D eigenvalue weighted by atomic mass is 16.3. The highest BCUT2D eigenvalue weighted by molar-refractivity contribution is 5.84. The van der Waals surface area contributed by atoms with Gasteiger partial charge in [-0.3, -0.25) is 4.79 Å². The van der Waals surface area contributed by atoms with Crippen LogP contribution in [-0.4, -0.2) is 48.7 Å². The zero-order chi connectivity index (χ0) is 12.1. The van der Waals surface area contributed by atoms with E-state index >= 15 is 0 Å². The Labute approximate surface area is 101 Å². The third kappa shape index (κ3) is 2.84. The van der Waals surface area contributed by atoms with Gasteiger partial charge in [-0.2, -0.15) is 0 Å². The predicted molar refractivity (Wildman–Crippen MR) is 65.7 cm³/mol. The van der Waals surface area contributed by atoms with Crippen molar-refractivity contribution in [1.82, 2.24) is 10.2 Å². The maximum absolute atomic E-state index is 12.3. The van der Waals surface area contributed by atoms with E-state index in [1.54, 1.807) is 0 Å². The van der Waals surface area contributed by atoms with Gasteiger partial charge in [0.05, 0.1) is 12.5 Å². The number of benzene rings is 1. The van der Waals surface area contributed by atoms with Crippen molar-refractivity contribution in [2.24, 2.45) is 0 Å². The van der Waals surface area contributed by atoms with Crippen LogP contribution in [0.3, 0.4) is 0 Å². The van der Waals surface area contributed by atoms with Crippen molar-refractivity contribution >= 4 is 5.91 Å². The monoisotopic (exact) mass is 234 g/mol. The fourth-order valence-corrected chi connectivity index (χ4v) is 2.12. The second kappa shape index (κ2) is 5.80. The number of amides is 1. The first-order chi connectivity index (χ1) is 8.33. The molecule has 1 aromatic carbocycles. The number of carbonyl (C=O) groups excluding carboxylic acids is 1. The Morgan fingerprint density at radius 1 is 1.29 bits per heavy atom. The topological polar surface area (TPSA) is 52.6 Å². The van der Waals surface area contributed by atoms with Crippen molar-refractivity contribution in [3.8, 4) is 0 Å². The molecule has 0 spiro atoms. The Balaban J connectivity index is 2.10. The van der Waals surface area contributed by atoms with Crippen molar-refractivity contribution < 1.29 is 9.90 Å². The lowest BCUT2D eigenvalue weighted by Crippen LogP contribution is -2.48. The molecule has 4 nitrogen and oxygen atoms in total. The van der Waals surface area contributed by atoms with Crippen molar-refractivity contribution in [3.63, 3.8) is 0 Å². The molecule has 1 saturated heterocycles. The summed E-state index contributed by atoms with van der Waals surface area (Å²) in [6, 6.07) is 9.47. The summed E-state index contributed by atoms with van der Waals surface area (Å²) in [6.07, 6.45) is 0. The minimum Gasteiger partial charge on any atom is -0.395 e. The molecular formula is C13H18N2O2. The van der Waals surface area contributed by atoms with Crippen molar-refractivity contribution in [2.45, 2.75) is 5.92 Å². The van der Waals surface area contributed by atoms with Crippen LogP contribution in [-0.2, 0) is 4.79 Å². The maximum Gasteiger partial charge on any atom is 0.232 e. The average Bonchev–Trinajstić information content (AvgIpc) is 2.42. The summed E-state index contributed by atoms with van der Waals surface area (Å²) < 4.78 is 0. The minimum absolute atomic E-state index is 0.0280. The lowest BCUT2D eigenvalue weighted by molar-refractivity contribution is -0.134. The van der Waals surface area contributed by atoms with Crippen LogP contribution in [0, 0.1) is 0 Å². The van der Waals surface area contributed by atoms with Gasteiger partial charge in [-0.05, 0) is 5.56 Å². The lowest BCUT2D eigenvalue weighted by Gasteiger charge is -2.30. The van der Waals surface area contributed by atoms with Gasteiger partial charge in [-0.25, -0.2) is 0 Å². The highest BCUT2D eigenvalue weighted by Crippen LogP contribution is 2.18. The van der Waals surface area contributed by atoms with Crippen LogP contribution < -0.4 is 5.32 Å². The van der Waals surface area contributed by atoms with Gasteiger partial charge in [0.25, 0.3) is 0 Å². The van der Waals surface area contributed by atoms with E-state index < -0.39 is 5.92 Å². The Kier molecular flexibility index (Phi) is 4.12. The van der Waals surface area contributed by atoms with E-state index in [-0.39, 0.29) is 12.5 Å². The molecule has 1 amide bonds. The van der Waals surface area contributed by atoms with Crippen molar-refractivity contribution in [2.75, 3.05) is 32.8 Å². The van der Waals surface area contributed by atoms with Crippen LogP contribution in [0.15, 0.2) is 30.3 Å². The van der Waals surface area contributed by atoms with Crippen LogP contribution in [0.25, 0.3) is 0 Å². The van der Waals surface area contributed by atoms with Crippen LogP contribution in [0.2, 0.25) is 0 Å². The summed E-state index contributed by atoms with van der Waals surface area (Å²) in [6.45, 7) is 2.98. The number of aliphatic hydroxyl groups excluding tert-OH is 1. The number of hydrogen-bond acceptors (Lipinski definition) is 3. The number of nitrogens with one attached hydrogen (secondary N) is 1. The molecule has 0 saturated carbocycles. The molecule has 0 bridgehead atoms. The van der Waals surface area contributed by atoms with E-state index in [0.29, 0.717) is 0 Å². The molecule has 1 aliphatic heterocycles. The molecule has 2 rings (SSSR count). The second-order valence-electron chi connectivity index (χ2n) is 4.22. The Bertz CT molecular complexity index is 361. The van der Waals surface area contributed by atoms with Crippen LogP contribution in [0.4, 0.5) is 0 Å². The van der Waals surface area contributed by atoms with E-state index in [9.17, 15) is 9.90 Å². The third-order valence-corrected chi connectivity index (χ3v) is 3.11. The smallest absolute Gasteiger partial charge is 0.232 e. The van der Waals surface area contributed by atoms with E-state index in [1.165, 1.54) is 0 Å². The molecule has 0 aromatic heterocycles. The number of nitrogens with zero attached hydrogens (tertiary/aromatic N) is 1. The van der Waals surface area contributed by atoms with Gasteiger partial charge in [0.1, 0.15) is 0 Å². The van der Waals surface area contributed by atoms with Gasteiger partial charge in [-0.1, -0.05) is 30.3 Å². The Morgan fingerprint density at radius 3 is 2.53 bits per heavy atom. The number of rotatable bonds is 3. The molecule has 1 atom stereocenters. The number of piperazine rings is 1. The molecule has 1 aromatic rings. The summed E-state index contributed by atoms with van der Waals surface area (Å²) in [4.78, 5) is 14.1. The molecule has 2 N–H and O–H groups in total. The standard InChI is InChI=1S/C13H18N2O2/c16-10-12(11-4-2-1-3-5-11)13(17)15-8-6-14-7-9-15/h1-5,12,14,16H,6-10H2. The molecule has 1 fully saturated rings. The summed E-state index contributed by atoms with van der Waals surface area (Å²) in [5, 5.41) is 12.6. The normalized spacial score (nSPS) is 17.8. The molecule has 0 aliphatic carbocycles. The second-order valence-corrected chi connectivity index (χ2v) is 4.22. The maximum atomic E-state index is 12.3. The van der Waals surface area contributed by atoms with E-state index in [4.69, 9.17) is 0 Å². The number of hydrogen-bond donors (Lipinski definition) is 2. The highest BCUT2D eigenvalue weighted by Gasteiger charge is 2.25. The van der Waals surface area contributed by atoms with Gasteiger partial charge in [0, 0.05) is 26.2 Å². The summed E-state index contributed by atoms with van der Waals surface area (Å²) in [5.74, 6) is -0.394. The van der Waals surface area contributed by atoms with E-state index in [0.717, 1.165) is 31.7 Å². The first-order valence-corrected chi connectivity index (χ1v) is 5.98. The van der Waals surface area contributed by atoms with Crippen molar-refractivity contribution in [3.05, 3.63) is 35.9 Å². The third-order valence-electron chi connectivity index (χ3n) is 3.11. The van der Waals surface area contributed by atoms with Gasteiger partial charge in [0.2, 0.25) is 5.91 Å². The molecule has 1 aliphatic rings. The summed E-state index contributed by atoms with van der Waals surface area (Å²) in [5.41, 5.74) is 0.888. The van der Waals surface area contributed by atoms with Crippen molar-refractivity contribution in [1.29, 1.82) is 0 Å². The van der Waals surface area contributed by atoms with E-state index in [1.807, 2.05) is 35.2 Å². The van der Waals surface area contributed by atoms with Crippen LogP contribution >= 0.6 is 0 Å². The van der Waals surface area contributed by atoms with Crippen LogP contribution in [0.5, 0.6) is 0 Å². The molecule has 1 unspecified atom stereocenters. The quantitative estimate of drug-likeness (QED) is 0.785. The molecule has 0 radical (unpaired) electrons. The van der Waals surface area contributed by atoms with Gasteiger partial charge < -0.3 is 15.3 Å². The first-order valence-electron chi connectivity index (χ1n) is 5.98. The zero-order valence-corrected chi connectivity index (χ0v) is 9.80. The van der Waals surface area contributed by atoms with Gasteiger partial charge in [-0.15, -0.1) is 0 Å². The molecule has 1 heterocycles. The number of aliphatic hydroxyl groups is 1. The van der Waals surface area contributed by atoms with Gasteiger partial charge >= 0.3 is 0 Å². The predicted octanol–water partition coefficient (Wildman–Crippen LogP) is 0.194. The summed E-state index contributed by atoms with van der Waals surface area (Å²) in [7, 11) is 0. The zero-order valence-electron chi connectivity index (χ0n) is 9.80. The minimum atomic E-state index is -0.422. The molecule has 92 valence electrons. The fraction of sp³-hybridized carbons (Fsp3) is 0.462. The first kappa shape index (κ1) is 12.1. The molecular weight excluding hydrogens is 216 g/mol. The molecule has 4 heteroatoms. The largest absolute Gasteiger partial charge is 0.395 e. The Hall–Kier alpha value is -1.39. The molecule has 17 heavy (non-hydrogen) atoms. The SMILES string of the molecule is O=C(C(CO)c1ccccc1)N1CCNCC1. The fourth-order valence-electron chi connectivity index (χ4n) is 2.12. The number of carbonyl (C=O) groups is 1. The summed E-state index contributed by atoms with van der Waals surface area (Å²) >= 11 is 0. The average molecular weight is 234 g/mol. The Morgan fingerprint density at radius 2 is 1.94 bits per heavy atom.